The predicted molar refractivity (Wildman–Crippen MR) is 64.8 cm³/mol. The van der Waals surface area contributed by atoms with Gasteiger partial charge in [-0.25, -0.2) is 0 Å². The number of carbonyl (C=O) groups is 2. The largest absolute Gasteiger partial charge is 0.466 e. The highest BCUT2D eigenvalue weighted by atomic mass is 16.6. The third-order valence-electron chi connectivity index (χ3n) is 2.86. The van der Waals surface area contributed by atoms with Crippen LogP contribution in [0.1, 0.15) is 26.7 Å². The normalized spacial score (nSPS) is 25.7. The van der Waals surface area contributed by atoms with E-state index in [1.54, 1.807) is 13.0 Å². The number of rotatable bonds is 5. The van der Waals surface area contributed by atoms with Gasteiger partial charge in [0.2, 0.25) is 0 Å². The van der Waals surface area contributed by atoms with Crippen molar-refractivity contribution in [2.24, 2.45) is 5.92 Å². The lowest BCUT2D eigenvalue weighted by atomic mass is 9.85. The molecule has 0 saturated heterocycles. The van der Waals surface area contributed by atoms with Crippen LogP contribution in [0.15, 0.2) is 12.2 Å². The van der Waals surface area contributed by atoms with Crippen molar-refractivity contribution < 1.29 is 24.0 Å². The molecular formula is C12H17NO6. The average Bonchev–Trinajstić information content (AvgIpc) is 2.27. The van der Waals surface area contributed by atoms with E-state index >= 15 is 0 Å². The third kappa shape index (κ3) is 4.35. The minimum Gasteiger partial charge on any atom is -0.466 e. The Bertz CT molecular complexity index is 392. The van der Waals surface area contributed by atoms with Gasteiger partial charge < -0.3 is 9.47 Å². The van der Waals surface area contributed by atoms with Crippen molar-refractivity contribution in [1.82, 2.24) is 0 Å². The van der Waals surface area contributed by atoms with Gasteiger partial charge in [-0.15, -0.1) is 0 Å². The van der Waals surface area contributed by atoms with Crippen molar-refractivity contribution in [2.45, 2.75) is 38.8 Å². The van der Waals surface area contributed by atoms with Gasteiger partial charge in [0, 0.05) is 17.8 Å². The van der Waals surface area contributed by atoms with Crippen LogP contribution in [0.5, 0.6) is 0 Å². The Morgan fingerprint density at radius 2 is 2.16 bits per heavy atom. The third-order valence-corrected chi connectivity index (χ3v) is 2.86. The summed E-state index contributed by atoms with van der Waals surface area (Å²) in [7, 11) is 0. The van der Waals surface area contributed by atoms with Crippen molar-refractivity contribution in [3.63, 3.8) is 0 Å². The van der Waals surface area contributed by atoms with Gasteiger partial charge in [0.25, 0.3) is 6.04 Å². The van der Waals surface area contributed by atoms with E-state index in [-0.39, 0.29) is 13.0 Å². The van der Waals surface area contributed by atoms with Crippen molar-refractivity contribution in [2.75, 3.05) is 6.61 Å². The van der Waals surface area contributed by atoms with Crippen LogP contribution in [-0.4, -0.2) is 35.6 Å². The van der Waals surface area contributed by atoms with Crippen LogP contribution in [-0.2, 0) is 19.1 Å². The van der Waals surface area contributed by atoms with E-state index in [0.29, 0.717) is 6.42 Å². The van der Waals surface area contributed by atoms with E-state index in [1.165, 1.54) is 13.0 Å². The van der Waals surface area contributed by atoms with E-state index in [2.05, 4.69) is 0 Å². The van der Waals surface area contributed by atoms with Crippen molar-refractivity contribution in [1.29, 1.82) is 0 Å². The van der Waals surface area contributed by atoms with E-state index in [1.807, 2.05) is 0 Å². The summed E-state index contributed by atoms with van der Waals surface area (Å²) in [5, 5.41) is 11.1. The number of hydrogen-bond donors (Lipinski definition) is 0. The van der Waals surface area contributed by atoms with Crippen LogP contribution in [0.4, 0.5) is 0 Å². The molecule has 0 saturated carbocycles. The van der Waals surface area contributed by atoms with Gasteiger partial charge in [-0.05, 0) is 19.4 Å². The summed E-state index contributed by atoms with van der Waals surface area (Å²) >= 11 is 0. The van der Waals surface area contributed by atoms with Gasteiger partial charge in [-0.1, -0.05) is 6.08 Å². The van der Waals surface area contributed by atoms with Crippen molar-refractivity contribution >= 4 is 11.9 Å². The molecule has 0 bridgehead atoms. The van der Waals surface area contributed by atoms with Gasteiger partial charge in [0.05, 0.1) is 13.0 Å². The molecule has 1 aliphatic carbocycles. The molecule has 1 rings (SSSR count). The Kier molecular flexibility index (Phi) is 5.47. The first-order valence-electron chi connectivity index (χ1n) is 6.08. The maximum Gasteiger partial charge on any atom is 0.306 e. The summed E-state index contributed by atoms with van der Waals surface area (Å²) in [6.45, 7) is 3.10. The summed E-state index contributed by atoms with van der Waals surface area (Å²) in [5.41, 5.74) is 0. The van der Waals surface area contributed by atoms with Gasteiger partial charge >= 0.3 is 11.9 Å². The number of allylic oxidation sites excluding steroid dienone is 1. The number of nitro groups is 1. The fraction of sp³-hybridized carbons (Fsp3) is 0.667. The first-order valence-corrected chi connectivity index (χ1v) is 6.08. The van der Waals surface area contributed by atoms with Gasteiger partial charge in [0.1, 0.15) is 0 Å². The maximum atomic E-state index is 11.4. The SMILES string of the molecule is CCOC(=O)C[C@@H]1CC=C[C@@H](OC(C)=O)[C@H]1[N+](=O)[O-]. The summed E-state index contributed by atoms with van der Waals surface area (Å²) in [4.78, 5) is 33.0. The minimum atomic E-state index is -1.11. The zero-order valence-corrected chi connectivity index (χ0v) is 10.9. The van der Waals surface area contributed by atoms with Crippen LogP contribution in [0.25, 0.3) is 0 Å². The monoisotopic (exact) mass is 271 g/mol. The zero-order valence-electron chi connectivity index (χ0n) is 10.9. The molecule has 7 heteroatoms. The van der Waals surface area contributed by atoms with Crippen LogP contribution in [0, 0.1) is 16.0 Å². The number of ether oxygens (including phenoxy) is 2. The van der Waals surface area contributed by atoms with Crippen LogP contribution >= 0.6 is 0 Å². The molecule has 0 aromatic rings. The number of carbonyl (C=O) groups excluding carboxylic acids is 2. The molecule has 0 fully saturated rings. The van der Waals surface area contributed by atoms with Crippen molar-refractivity contribution in [3.8, 4) is 0 Å². The molecule has 106 valence electrons. The molecule has 3 atom stereocenters. The molecule has 0 unspecified atom stereocenters. The summed E-state index contributed by atoms with van der Waals surface area (Å²) in [6.07, 6.45) is 2.60. The molecule has 0 aromatic heterocycles. The fourth-order valence-electron chi connectivity index (χ4n) is 2.14. The highest BCUT2D eigenvalue weighted by molar-refractivity contribution is 5.70. The fourth-order valence-corrected chi connectivity index (χ4v) is 2.14. The Morgan fingerprint density at radius 3 is 2.68 bits per heavy atom. The van der Waals surface area contributed by atoms with E-state index < -0.39 is 34.9 Å². The smallest absolute Gasteiger partial charge is 0.306 e. The van der Waals surface area contributed by atoms with E-state index in [4.69, 9.17) is 9.47 Å². The average molecular weight is 271 g/mol. The second-order valence-electron chi connectivity index (χ2n) is 4.28. The number of esters is 2. The highest BCUT2D eigenvalue weighted by Gasteiger charge is 2.42. The zero-order chi connectivity index (χ0) is 14.4. The number of nitrogens with zero attached hydrogens (tertiary/aromatic N) is 1. The lowest BCUT2D eigenvalue weighted by molar-refractivity contribution is -0.541. The number of hydrogen-bond acceptors (Lipinski definition) is 6. The van der Waals surface area contributed by atoms with E-state index in [9.17, 15) is 19.7 Å². The standard InChI is InChI=1S/C12H17NO6/c1-3-18-11(15)7-9-5-4-6-10(19-8(2)14)12(9)13(16)17/h4,6,9-10,12H,3,5,7H2,1-2H3/t9-,10+,12-/m0/s1. The Morgan fingerprint density at radius 1 is 1.47 bits per heavy atom. The second-order valence-corrected chi connectivity index (χ2v) is 4.28. The Hall–Kier alpha value is -1.92. The maximum absolute atomic E-state index is 11.4. The second kappa shape index (κ2) is 6.86. The van der Waals surface area contributed by atoms with Crippen molar-refractivity contribution in [3.05, 3.63) is 22.3 Å². The molecule has 7 nitrogen and oxygen atoms in total. The predicted octanol–water partition coefficient (Wildman–Crippen LogP) is 1.09. The Labute approximate surface area is 110 Å². The molecular weight excluding hydrogens is 254 g/mol. The lowest BCUT2D eigenvalue weighted by Crippen LogP contribution is -2.44. The van der Waals surface area contributed by atoms with Crippen LogP contribution in [0.3, 0.4) is 0 Å². The van der Waals surface area contributed by atoms with E-state index in [0.717, 1.165) is 0 Å². The minimum absolute atomic E-state index is 0.0540. The Balaban J connectivity index is 2.80. The van der Waals surface area contributed by atoms with Crippen LogP contribution in [0.2, 0.25) is 0 Å². The van der Waals surface area contributed by atoms with Gasteiger partial charge in [-0.3, -0.25) is 19.7 Å². The first-order chi connectivity index (χ1) is 8.95. The molecule has 0 spiro atoms. The highest BCUT2D eigenvalue weighted by Crippen LogP contribution is 2.27. The summed E-state index contributed by atoms with van der Waals surface area (Å²) in [5.74, 6) is -1.59. The summed E-state index contributed by atoms with van der Waals surface area (Å²) < 4.78 is 9.71. The molecule has 0 aliphatic heterocycles. The summed E-state index contributed by atoms with van der Waals surface area (Å²) in [6, 6.07) is -1.11. The van der Waals surface area contributed by atoms with Gasteiger partial charge in [0.15, 0.2) is 6.10 Å². The molecule has 0 amide bonds. The van der Waals surface area contributed by atoms with Gasteiger partial charge in [-0.2, -0.15) is 0 Å². The molecule has 19 heavy (non-hydrogen) atoms. The first kappa shape index (κ1) is 15.1. The topological polar surface area (TPSA) is 95.7 Å². The molecule has 0 radical (unpaired) electrons. The quantitative estimate of drug-likeness (QED) is 0.321. The lowest BCUT2D eigenvalue weighted by Gasteiger charge is -2.27. The molecule has 0 heterocycles. The van der Waals surface area contributed by atoms with Crippen LogP contribution < -0.4 is 0 Å². The molecule has 0 N–H and O–H groups in total. The molecule has 0 aromatic carbocycles. The molecule has 1 aliphatic rings.